The second-order valence-electron chi connectivity index (χ2n) is 26.9. The van der Waals surface area contributed by atoms with E-state index < -0.39 is 23.2 Å². The highest BCUT2D eigenvalue weighted by atomic mass is 35.5. The lowest BCUT2D eigenvalue weighted by Gasteiger charge is -2.32. The van der Waals surface area contributed by atoms with Gasteiger partial charge in [0.1, 0.15) is 29.0 Å². The second kappa shape index (κ2) is 35.4. The Hall–Kier alpha value is -12.5. The highest BCUT2D eigenvalue weighted by Gasteiger charge is 2.34. The first-order chi connectivity index (χ1) is 53.8. The molecule has 112 heavy (non-hydrogen) atoms. The van der Waals surface area contributed by atoms with Gasteiger partial charge in [0, 0.05) is 177 Å². The molecule has 3 amide bonds. The standard InChI is InChI=1S/2C30H29ClN6O.C26H15ClF3N5O/c1-20-3-5-23(15-22(20)7-9-26-27-16-25(31)8-6-24(27)18-34-29(26)32)30(38)35-28-10-4-21(17-33-28)19-37-13-11-36(2)12-14-37;1-20-3-4-22(15-21(20)6-10-27-28-16-24(31)7-5-23(28)17-34-29(27)32)30(38)35-25-8-9-26(33-18-25)19-37-13-11-36(2)12-14-37;1-14-12-33-23(25(36)35-19-6-3-16(11-31)22(10-19)26(28,29)30)8-15(14)4-7-20-21-9-18(27)5-2-17(21)13-34-24(20)32/h3-6,8,10,15-18H,11-14,19H2,1-2H3,(H2,32,34)(H,33,35,38);3-5,7-9,15-18H,11-14,19H2,1-2H3,(H2,32,34)(H,35,38);2-3,5-6,8-10,12-13H,1H3,(H2,32,34)(H,35,36). The average molecular weight is 1560 g/mol. The van der Waals surface area contributed by atoms with Crippen LogP contribution in [0, 0.1) is 67.6 Å². The highest BCUT2D eigenvalue weighted by molar-refractivity contribution is 6.32. The van der Waals surface area contributed by atoms with Gasteiger partial charge in [0.15, 0.2) is 0 Å². The summed E-state index contributed by atoms with van der Waals surface area (Å²) in [4.78, 5) is 74.0. The maximum absolute atomic E-state index is 13.2. The predicted molar refractivity (Wildman–Crippen MR) is 437 cm³/mol. The summed E-state index contributed by atoms with van der Waals surface area (Å²) in [6.07, 6.45) is 5.24. The van der Waals surface area contributed by atoms with Crippen LogP contribution in [0.3, 0.4) is 0 Å². The lowest BCUT2D eigenvalue weighted by atomic mass is 10.0. The van der Waals surface area contributed by atoms with Crippen molar-refractivity contribution in [3.05, 3.63) is 281 Å². The monoisotopic (exact) mass is 1550 g/mol. The Balaban J connectivity index is 0.000000156. The number of piperazine rings is 2. The predicted octanol–water partition coefficient (Wildman–Crippen LogP) is 14.9. The number of aryl methyl sites for hydroxylation is 3. The van der Waals surface area contributed by atoms with Crippen molar-refractivity contribution in [1.29, 1.82) is 5.26 Å². The van der Waals surface area contributed by atoms with Gasteiger partial charge >= 0.3 is 6.18 Å². The highest BCUT2D eigenvalue weighted by Crippen LogP contribution is 2.35. The summed E-state index contributed by atoms with van der Waals surface area (Å²) >= 11 is 18.5. The average Bonchev–Trinajstić information content (AvgIpc) is 0.802. The van der Waals surface area contributed by atoms with E-state index in [1.54, 1.807) is 80.2 Å². The van der Waals surface area contributed by atoms with Crippen LogP contribution in [0.25, 0.3) is 32.3 Å². The molecule has 9 N–H and O–H groups in total. The third-order valence-corrected chi connectivity index (χ3v) is 19.5. The molecule has 20 nitrogen and oxygen atoms in total. The molecule has 2 saturated heterocycles. The number of hydrogen-bond acceptors (Lipinski definition) is 17. The first-order valence-corrected chi connectivity index (χ1v) is 36.4. The van der Waals surface area contributed by atoms with Crippen molar-refractivity contribution in [2.75, 3.05) is 99.6 Å². The first kappa shape index (κ1) is 79.0. The number of nitriles is 1. The lowest BCUT2D eigenvalue weighted by Crippen LogP contribution is -2.43. The van der Waals surface area contributed by atoms with Crippen molar-refractivity contribution < 1.29 is 27.6 Å². The van der Waals surface area contributed by atoms with Crippen LogP contribution in [0.2, 0.25) is 15.1 Å². The number of pyridine rings is 6. The molecule has 2 aliphatic rings. The van der Waals surface area contributed by atoms with Gasteiger partial charge in [-0.2, -0.15) is 18.4 Å². The number of nitrogens with two attached hydrogens (primary N) is 3. The Morgan fingerprint density at radius 1 is 0.446 bits per heavy atom. The van der Waals surface area contributed by atoms with Gasteiger partial charge in [0.25, 0.3) is 17.7 Å². The number of amides is 3. The van der Waals surface area contributed by atoms with E-state index in [1.165, 1.54) is 24.4 Å². The first-order valence-electron chi connectivity index (χ1n) is 35.3. The molecule has 14 rings (SSSR count). The van der Waals surface area contributed by atoms with E-state index in [9.17, 15) is 27.6 Å². The number of halogens is 6. The van der Waals surface area contributed by atoms with Crippen molar-refractivity contribution in [2.45, 2.75) is 40.0 Å². The third kappa shape index (κ3) is 20.1. The summed E-state index contributed by atoms with van der Waals surface area (Å²) < 4.78 is 39.7. The number of carbonyl (C=O) groups is 3. The number of aromatic nitrogens is 6. The Labute approximate surface area is 660 Å². The molecule has 6 aromatic heterocycles. The number of hydrogen-bond donors (Lipinski definition) is 6. The number of nitrogen functional groups attached to an aromatic ring is 3. The number of carbonyl (C=O) groups excluding carboxylic acids is 3. The number of nitrogens with one attached hydrogen (secondary N) is 3. The van der Waals surface area contributed by atoms with Gasteiger partial charge in [-0.15, -0.1) is 0 Å². The van der Waals surface area contributed by atoms with Gasteiger partial charge in [-0.05, 0) is 160 Å². The van der Waals surface area contributed by atoms with Gasteiger partial charge in [-0.25, -0.2) is 19.9 Å². The van der Waals surface area contributed by atoms with Crippen LogP contribution >= 0.6 is 34.8 Å². The third-order valence-electron chi connectivity index (χ3n) is 18.8. The molecule has 8 heterocycles. The van der Waals surface area contributed by atoms with Crippen LogP contribution in [0.5, 0.6) is 0 Å². The second-order valence-corrected chi connectivity index (χ2v) is 28.2. The molecule has 0 unspecified atom stereocenters. The van der Waals surface area contributed by atoms with Crippen LogP contribution in [0.1, 0.15) is 104 Å². The van der Waals surface area contributed by atoms with Crippen molar-refractivity contribution in [3.8, 4) is 41.6 Å². The van der Waals surface area contributed by atoms with Gasteiger partial charge in [-0.3, -0.25) is 34.2 Å². The van der Waals surface area contributed by atoms with Gasteiger partial charge < -0.3 is 43.0 Å². The van der Waals surface area contributed by atoms with Crippen LogP contribution in [-0.2, 0) is 19.3 Å². The Bertz CT molecular complexity index is 5620. The largest absolute Gasteiger partial charge is 0.417 e. The minimum atomic E-state index is -4.75. The summed E-state index contributed by atoms with van der Waals surface area (Å²) in [5, 5.41) is 23.8. The molecular formula is C86H73Cl3F3N17O3. The van der Waals surface area contributed by atoms with Crippen molar-refractivity contribution in [2.24, 2.45) is 0 Å². The Morgan fingerprint density at radius 2 is 0.911 bits per heavy atom. The fourth-order valence-electron chi connectivity index (χ4n) is 12.2. The maximum Gasteiger partial charge on any atom is 0.417 e. The van der Waals surface area contributed by atoms with Gasteiger partial charge in [0.2, 0.25) is 0 Å². The van der Waals surface area contributed by atoms with Crippen molar-refractivity contribution >= 4 is 119 Å². The topological polar surface area (TPSA) is 279 Å². The Kier molecular flexibility index (Phi) is 25.0. The number of alkyl halides is 3. The summed E-state index contributed by atoms with van der Waals surface area (Å²) in [5.41, 5.74) is 26.4. The maximum atomic E-state index is 13.2. The number of fused-ring (bicyclic) bond motifs is 3. The van der Waals surface area contributed by atoms with E-state index in [4.69, 9.17) is 57.3 Å². The number of likely N-dealkylation sites (N-methyl/N-ethyl adjacent to an activating group) is 2. The molecule has 12 aromatic rings. The molecule has 0 atom stereocenters. The molecule has 6 aromatic carbocycles. The fourth-order valence-corrected chi connectivity index (χ4v) is 12.7. The molecule has 0 radical (unpaired) electrons. The summed E-state index contributed by atoms with van der Waals surface area (Å²) in [7, 11) is 4.29. The quantitative estimate of drug-likeness (QED) is 0.0694. The van der Waals surface area contributed by atoms with Crippen LogP contribution in [0.4, 0.5) is 47.8 Å². The summed E-state index contributed by atoms with van der Waals surface area (Å²) in [6, 6.07) is 40.8. The molecular weight excluding hydrogens is 1480 g/mol. The minimum absolute atomic E-state index is 0.0603. The molecule has 0 aliphatic carbocycles. The van der Waals surface area contributed by atoms with Crippen LogP contribution in [0.15, 0.2) is 177 Å². The number of nitrogens with zero attached hydrogens (tertiary/aromatic N) is 11. The SMILES string of the molecule is Cc1ccc(C(=O)Nc2ccc(CN3CCN(C)CC3)cn2)cc1C#Cc1c(N)ncc2ccc(Cl)cc12.Cc1ccc(C(=O)Nc2ccc(CN3CCN(C)CC3)nc2)cc1C#Cc1c(N)ncc2ccc(Cl)cc12.Cc1cnc(C(=O)Nc2ccc(C#N)c(C(F)(F)F)c2)cc1C#Cc1c(N)ncc2ccc(Cl)cc12. The molecule has 0 saturated carbocycles. The van der Waals surface area contributed by atoms with Crippen LogP contribution < -0.4 is 33.2 Å². The molecule has 2 aliphatic heterocycles. The number of anilines is 6. The van der Waals surface area contributed by atoms with E-state index in [1.807, 2.05) is 86.8 Å². The van der Waals surface area contributed by atoms with Gasteiger partial charge in [-0.1, -0.05) is 107 Å². The molecule has 0 spiro atoms. The zero-order valence-electron chi connectivity index (χ0n) is 61.5. The van der Waals surface area contributed by atoms with E-state index in [0.29, 0.717) is 88.6 Å². The van der Waals surface area contributed by atoms with Crippen molar-refractivity contribution in [3.63, 3.8) is 0 Å². The van der Waals surface area contributed by atoms with E-state index in [2.05, 4.69) is 115 Å². The summed E-state index contributed by atoms with van der Waals surface area (Å²) in [6.45, 7) is 15.8. The smallest absolute Gasteiger partial charge is 0.383 e. The molecule has 2 fully saturated rings. The number of benzene rings is 6. The zero-order valence-corrected chi connectivity index (χ0v) is 63.7. The van der Waals surface area contributed by atoms with E-state index >= 15 is 0 Å². The zero-order chi connectivity index (χ0) is 79.3. The minimum Gasteiger partial charge on any atom is -0.383 e. The number of rotatable bonds is 10. The Morgan fingerprint density at radius 3 is 1.37 bits per heavy atom. The lowest BCUT2D eigenvalue weighted by molar-refractivity contribution is -0.137. The normalized spacial score (nSPS) is 13.1. The molecule has 562 valence electrons. The van der Waals surface area contributed by atoms with E-state index in [0.717, 1.165) is 132 Å². The summed E-state index contributed by atoms with van der Waals surface area (Å²) in [5.74, 6) is 18.8. The molecule has 0 bridgehead atoms. The van der Waals surface area contributed by atoms with Crippen molar-refractivity contribution in [1.82, 2.24) is 49.5 Å². The molecule has 26 heteroatoms. The van der Waals surface area contributed by atoms with E-state index in [-0.39, 0.29) is 29.0 Å². The fraction of sp³-hybridized carbons (Fsp3) is 0.186. The van der Waals surface area contributed by atoms with Crippen LogP contribution in [-0.4, -0.2) is 134 Å². The van der Waals surface area contributed by atoms with Gasteiger partial charge in [0.05, 0.1) is 51.5 Å².